The average Bonchev–Trinajstić information content (AvgIpc) is 2.39. The zero-order chi connectivity index (χ0) is 14.6. The van der Waals surface area contributed by atoms with Crippen LogP contribution in [-0.2, 0) is 14.6 Å². The van der Waals surface area contributed by atoms with E-state index in [1.54, 1.807) is 18.9 Å². The molecule has 1 N–H and O–H groups in total. The largest absolute Gasteiger partial charge is 0.384 e. The number of hydrogen-bond donors (Lipinski definition) is 1. The van der Waals surface area contributed by atoms with Gasteiger partial charge in [-0.3, -0.25) is 4.90 Å². The van der Waals surface area contributed by atoms with Crippen molar-refractivity contribution in [1.82, 2.24) is 10.2 Å². The highest BCUT2D eigenvalue weighted by Gasteiger charge is 2.39. The smallest absolute Gasteiger partial charge is 0.164 e. The molecule has 2 heterocycles. The molecule has 20 heavy (non-hydrogen) atoms. The van der Waals surface area contributed by atoms with Crippen molar-refractivity contribution in [3.05, 3.63) is 0 Å². The van der Waals surface area contributed by atoms with Crippen molar-refractivity contribution in [3.8, 4) is 0 Å². The van der Waals surface area contributed by atoms with E-state index in [2.05, 4.69) is 10.2 Å². The number of piperidine rings is 1. The number of nitrogens with zero attached hydrogens (tertiary/aromatic N) is 1. The van der Waals surface area contributed by atoms with Gasteiger partial charge in [-0.15, -0.1) is 0 Å². The van der Waals surface area contributed by atoms with E-state index in [0.717, 1.165) is 51.4 Å². The quantitative estimate of drug-likeness (QED) is 0.792. The Morgan fingerprint density at radius 3 is 2.70 bits per heavy atom. The fourth-order valence-corrected chi connectivity index (χ4v) is 6.17. The number of hydrogen-bond acceptors (Lipinski definition) is 6. The number of ether oxygens (including phenoxy) is 1. The van der Waals surface area contributed by atoms with Crippen molar-refractivity contribution in [1.29, 1.82) is 0 Å². The number of methoxy groups -OCH3 is 1. The molecular formula is C13H26N2O3S2. The average molecular weight is 322 g/mol. The van der Waals surface area contributed by atoms with Crippen LogP contribution in [0.4, 0.5) is 0 Å². The Morgan fingerprint density at radius 1 is 1.40 bits per heavy atom. The predicted octanol–water partition coefficient (Wildman–Crippen LogP) is 0.422. The molecule has 5 nitrogen and oxygen atoms in total. The molecular weight excluding hydrogens is 296 g/mol. The Bertz CT molecular complexity index is 402. The van der Waals surface area contributed by atoms with E-state index in [4.69, 9.17) is 4.74 Å². The first-order valence-corrected chi connectivity index (χ1v) is 10.3. The zero-order valence-corrected chi connectivity index (χ0v) is 14.1. The van der Waals surface area contributed by atoms with Gasteiger partial charge in [-0.25, -0.2) is 8.42 Å². The van der Waals surface area contributed by atoms with Crippen molar-refractivity contribution >= 4 is 21.6 Å². The molecule has 0 aromatic rings. The number of thioether (sulfide) groups is 1. The van der Waals surface area contributed by atoms with Crippen LogP contribution in [0.3, 0.4) is 0 Å². The lowest BCUT2D eigenvalue weighted by Crippen LogP contribution is -2.54. The van der Waals surface area contributed by atoms with Crippen LogP contribution in [0, 0.1) is 5.41 Å². The second kappa shape index (κ2) is 6.96. The Labute approximate surface area is 126 Å². The lowest BCUT2D eigenvalue weighted by molar-refractivity contribution is 0.0213. The third-order valence-corrected chi connectivity index (χ3v) is 7.02. The summed E-state index contributed by atoms with van der Waals surface area (Å²) < 4.78 is 29.4. The maximum Gasteiger partial charge on any atom is 0.164 e. The fraction of sp³-hybridized carbons (Fsp3) is 1.00. The van der Waals surface area contributed by atoms with Crippen molar-refractivity contribution in [2.24, 2.45) is 5.41 Å². The van der Waals surface area contributed by atoms with Crippen molar-refractivity contribution in [2.75, 3.05) is 57.7 Å². The molecule has 0 amide bonds. The van der Waals surface area contributed by atoms with Crippen molar-refractivity contribution < 1.29 is 13.2 Å². The summed E-state index contributed by atoms with van der Waals surface area (Å²) in [4.78, 5) is 2.18. The van der Waals surface area contributed by atoms with Crippen LogP contribution in [0.5, 0.6) is 0 Å². The second-order valence-corrected chi connectivity index (χ2v) is 9.37. The molecule has 2 saturated heterocycles. The van der Waals surface area contributed by atoms with Gasteiger partial charge in [0.05, 0.1) is 6.61 Å². The maximum absolute atomic E-state index is 12.0. The van der Waals surface area contributed by atoms with Crippen LogP contribution in [0.15, 0.2) is 0 Å². The first kappa shape index (κ1) is 16.5. The van der Waals surface area contributed by atoms with Gasteiger partial charge in [0, 0.05) is 43.4 Å². The lowest BCUT2D eigenvalue weighted by atomic mass is 9.79. The zero-order valence-electron chi connectivity index (χ0n) is 12.4. The molecule has 118 valence electrons. The van der Waals surface area contributed by atoms with Gasteiger partial charge >= 0.3 is 0 Å². The van der Waals surface area contributed by atoms with E-state index in [0.29, 0.717) is 5.75 Å². The number of rotatable bonds is 5. The molecule has 0 radical (unpaired) electrons. The van der Waals surface area contributed by atoms with Gasteiger partial charge in [-0.2, -0.15) is 11.8 Å². The van der Waals surface area contributed by atoms with Crippen LogP contribution in [0.2, 0.25) is 0 Å². The van der Waals surface area contributed by atoms with Gasteiger partial charge in [0.2, 0.25) is 0 Å². The molecule has 0 aromatic carbocycles. The Balaban J connectivity index is 2.11. The number of sulfone groups is 1. The first-order chi connectivity index (χ1) is 9.47. The topological polar surface area (TPSA) is 58.6 Å². The summed E-state index contributed by atoms with van der Waals surface area (Å²) in [6, 6.07) is 0. The van der Waals surface area contributed by atoms with Gasteiger partial charge in [0.1, 0.15) is 5.37 Å². The van der Waals surface area contributed by atoms with E-state index in [-0.39, 0.29) is 10.8 Å². The summed E-state index contributed by atoms with van der Waals surface area (Å²) in [6.07, 6.45) is 3.48. The monoisotopic (exact) mass is 322 g/mol. The van der Waals surface area contributed by atoms with E-state index in [1.807, 2.05) is 0 Å². The fourth-order valence-electron chi connectivity index (χ4n) is 3.23. The van der Waals surface area contributed by atoms with Gasteiger partial charge in [0.25, 0.3) is 0 Å². The summed E-state index contributed by atoms with van der Waals surface area (Å²) in [5, 5.41) is 3.05. The summed E-state index contributed by atoms with van der Waals surface area (Å²) in [6.45, 7) is 4.40. The van der Waals surface area contributed by atoms with Crippen molar-refractivity contribution in [2.45, 2.75) is 18.2 Å². The first-order valence-electron chi connectivity index (χ1n) is 7.17. The van der Waals surface area contributed by atoms with Gasteiger partial charge in [0.15, 0.2) is 9.84 Å². The van der Waals surface area contributed by atoms with E-state index in [1.165, 1.54) is 6.26 Å². The Kier molecular flexibility index (Phi) is 5.76. The summed E-state index contributed by atoms with van der Waals surface area (Å²) in [7, 11) is -1.28. The van der Waals surface area contributed by atoms with Crippen LogP contribution in [0.1, 0.15) is 12.8 Å². The molecule has 0 aromatic heterocycles. The summed E-state index contributed by atoms with van der Waals surface area (Å²) in [5.41, 5.74) is 0.102. The minimum Gasteiger partial charge on any atom is -0.384 e. The van der Waals surface area contributed by atoms with Gasteiger partial charge < -0.3 is 10.1 Å². The van der Waals surface area contributed by atoms with Crippen LogP contribution in [0.25, 0.3) is 0 Å². The molecule has 1 atom stereocenters. The molecule has 2 rings (SSSR count). The van der Waals surface area contributed by atoms with Crippen molar-refractivity contribution in [3.63, 3.8) is 0 Å². The second-order valence-electron chi connectivity index (χ2n) is 6.01. The van der Waals surface area contributed by atoms with E-state index < -0.39 is 9.84 Å². The minimum absolute atomic E-state index is 0.102. The molecule has 2 fully saturated rings. The summed E-state index contributed by atoms with van der Waals surface area (Å²) in [5.74, 6) is 1.72. The van der Waals surface area contributed by atoms with Crippen LogP contribution >= 0.6 is 11.8 Å². The standard InChI is InChI=1S/C13H26N2O3S2/c1-18-11-13(3-5-14-6-4-13)10-15-7-8-19-9-12(15)20(2,16)17/h12,14H,3-11H2,1-2H3. The number of nitrogens with one attached hydrogen (secondary N) is 1. The molecule has 1 unspecified atom stereocenters. The van der Waals surface area contributed by atoms with Gasteiger partial charge in [-0.05, 0) is 25.9 Å². The maximum atomic E-state index is 12.0. The molecule has 2 aliphatic rings. The molecule has 7 heteroatoms. The highest BCUT2D eigenvalue weighted by Crippen LogP contribution is 2.33. The van der Waals surface area contributed by atoms with Crippen LogP contribution < -0.4 is 5.32 Å². The predicted molar refractivity (Wildman–Crippen MR) is 83.9 cm³/mol. The normalized spacial score (nSPS) is 28.4. The highest BCUT2D eigenvalue weighted by atomic mass is 32.2. The van der Waals surface area contributed by atoms with Gasteiger partial charge in [-0.1, -0.05) is 0 Å². The Morgan fingerprint density at radius 2 is 2.10 bits per heavy atom. The van der Waals surface area contributed by atoms with E-state index in [9.17, 15) is 8.42 Å². The molecule has 0 bridgehead atoms. The molecule has 0 spiro atoms. The summed E-state index contributed by atoms with van der Waals surface area (Å²) >= 11 is 1.74. The molecule has 2 aliphatic heterocycles. The van der Waals surface area contributed by atoms with Crippen LogP contribution in [-0.4, -0.2) is 76.3 Å². The lowest BCUT2D eigenvalue weighted by Gasteiger charge is -2.44. The molecule has 0 aliphatic carbocycles. The SMILES string of the molecule is COCC1(CN2CCSCC2S(C)(=O)=O)CCNCC1. The molecule has 0 saturated carbocycles. The highest BCUT2D eigenvalue weighted by molar-refractivity contribution is 8.00. The minimum atomic E-state index is -3.02. The Hall–Kier alpha value is 0.180. The van der Waals surface area contributed by atoms with E-state index >= 15 is 0 Å². The third kappa shape index (κ3) is 4.10. The third-order valence-electron chi connectivity index (χ3n) is 4.34.